The van der Waals surface area contributed by atoms with E-state index in [0.717, 1.165) is 37.1 Å². The number of aliphatic imine (C=N–C) groups is 1. The second-order valence-electron chi connectivity index (χ2n) is 8.21. The van der Waals surface area contributed by atoms with Gasteiger partial charge in [0.05, 0.1) is 0 Å². The maximum absolute atomic E-state index is 4.93. The molecule has 25 heavy (non-hydrogen) atoms. The molecule has 3 aliphatic rings. The van der Waals surface area contributed by atoms with Crippen LogP contribution in [0.4, 0.5) is 0 Å². The van der Waals surface area contributed by atoms with Crippen molar-refractivity contribution in [3.05, 3.63) is 0 Å². The summed E-state index contributed by atoms with van der Waals surface area (Å²) in [6.45, 7) is 6.50. The van der Waals surface area contributed by atoms with Gasteiger partial charge in [-0.05, 0) is 72.0 Å². The summed E-state index contributed by atoms with van der Waals surface area (Å²) in [5.41, 5.74) is 0. The van der Waals surface area contributed by atoms with Crippen LogP contribution in [0.3, 0.4) is 0 Å². The highest BCUT2D eigenvalue weighted by Gasteiger charge is 2.36. The van der Waals surface area contributed by atoms with E-state index in [9.17, 15) is 0 Å². The zero-order chi connectivity index (χ0) is 16.9. The maximum atomic E-state index is 4.93. The van der Waals surface area contributed by atoms with E-state index < -0.39 is 0 Å². The van der Waals surface area contributed by atoms with Crippen molar-refractivity contribution in [2.45, 2.75) is 70.0 Å². The van der Waals surface area contributed by atoms with Crippen LogP contribution in [0.15, 0.2) is 4.99 Å². The van der Waals surface area contributed by atoms with Crippen LogP contribution in [0.25, 0.3) is 0 Å². The van der Waals surface area contributed by atoms with Gasteiger partial charge in [0.25, 0.3) is 0 Å². The molecular weight excluding hydrogens is 425 g/mol. The molecule has 2 N–H and O–H groups in total. The van der Waals surface area contributed by atoms with Crippen molar-refractivity contribution in [2.75, 3.05) is 40.3 Å². The van der Waals surface area contributed by atoms with Crippen molar-refractivity contribution in [2.24, 2.45) is 10.9 Å². The third-order valence-corrected chi connectivity index (χ3v) is 6.25. The molecule has 3 aliphatic heterocycles. The summed E-state index contributed by atoms with van der Waals surface area (Å²) < 4.78 is 0. The average molecular weight is 463 g/mol. The maximum Gasteiger partial charge on any atom is 0.191 e. The number of rotatable bonds is 4. The first-order valence-electron chi connectivity index (χ1n) is 10.1. The summed E-state index contributed by atoms with van der Waals surface area (Å²) in [4.78, 5) is 10.0. The molecule has 6 heteroatoms. The number of halogens is 1. The normalized spacial score (nSPS) is 34.3. The molecule has 146 valence electrons. The highest BCUT2D eigenvalue weighted by Crippen LogP contribution is 2.32. The zero-order valence-corrected chi connectivity index (χ0v) is 18.7. The topological polar surface area (TPSA) is 42.9 Å². The molecule has 2 bridgehead atoms. The Hall–Kier alpha value is -0.0800. The van der Waals surface area contributed by atoms with Crippen LogP contribution in [0.1, 0.15) is 51.9 Å². The molecule has 3 saturated heterocycles. The van der Waals surface area contributed by atoms with Gasteiger partial charge >= 0.3 is 0 Å². The number of likely N-dealkylation sites (tertiary alicyclic amines) is 1. The van der Waals surface area contributed by atoms with Gasteiger partial charge in [-0.1, -0.05) is 6.42 Å². The number of hydrogen-bond acceptors (Lipinski definition) is 3. The number of guanidine groups is 1. The molecule has 0 aromatic carbocycles. The predicted molar refractivity (Wildman–Crippen MR) is 117 cm³/mol. The second kappa shape index (κ2) is 10.3. The van der Waals surface area contributed by atoms with Gasteiger partial charge in [-0.2, -0.15) is 0 Å². The quantitative estimate of drug-likeness (QED) is 0.382. The minimum atomic E-state index is 0. The Balaban J connectivity index is 0.00000225. The lowest BCUT2D eigenvalue weighted by Crippen LogP contribution is -2.56. The van der Waals surface area contributed by atoms with Gasteiger partial charge in [-0.3, -0.25) is 4.99 Å². The minimum absolute atomic E-state index is 0. The first-order chi connectivity index (χ1) is 11.7. The molecule has 0 radical (unpaired) electrons. The summed E-state index contributed by atoms with van der Waals surface area (Å²) in [7, 11) is 4.56. The zero-order valence-electron chi connectivity index (χ0n) is 16.3. The Bertz CT molecular complexity index is 416. The molecule has 3 atom stereocenters. The Morgan fingerprint density at radius 2 is 1.80 bits per heavy atom. The van der Waals surface area contributed by atoms with Gasteiger partial charge in [0, 0.05) is 37.8 Å². The van der Waals surface area contributed by atoms with Crippen LogP contribution in [0.5, 0.6) is 0 Å². The molecular formula is C19H38IN5. The van der Waals surface area contributed by atoms with E-state index in [1.54, 1.807) is 0 Å². The van der Waals surface area contributed by atoms with Gasteiger partial charge in [0.1, 0.15) is 0 Å². The van der Waals surface area contributed by atoms with E-state index in [0.29, 0.717) is 6.04 Å². The Labute approximate surface area is 171 Å². The summed E-state index contributed by atoms with van der Waals surface area (Å²) in [6.07, 6.45) is 9.33. The third-order valence-electron chi connectivity index (χ3n) is 6.25. The van der Waals surface area contributed by atoms with Crippen LogP contribution in [-0.4, -0.2) is 74.2 Å². The number of hydrogen-bond donors (Lipinski definition) is 2. The summed E-state index contributed by atoms with van der Waals surface area (Å²) >= 11 is 0. The van der Waals surface area contributed by atoms with E-state index >= 15 is 0 Å². The van der Waals surface area contributed by atoms with E-state index in [1.807, 2.05) is 0 Å². The molecule has 3 unspecified atom stereocenters. The summed E-state index contributed by atoms with van der Waals surface area (Å²) in [6, 6.07) is 2.12. The lowest BCUT2D eigenvalue weighted by Gasteiger charge is -2.47. The smallest absolute Gasteiger partial charge is 0.191 e. The molecule has 0 amide bonds. The van der Waals surface area contributed by atoms with Crippen LogP contribution < -0.4 is 10.6 Å². The first-order valence-corrected chi connectivity index (χ1v) is 10.1. The van der Waals surface area contributed by atoms with Gasteiger partial charge in [0.15, 0.2) is 5.96 Å². The number of nitrogens with zero attached hydrogens (tertiary/aromatic N) is 3. The average Bonchev–Trinajstić information content (AvgIpc) is 2.54. The Morgan fingerprint density at radius 1 is 1.08 bits per heavy atom. The molecule has 3 rings (SSSR count). The molecule has 0 aromatic rings. The minimum Gasteiger partial charge on any atom is -0.357 e. The van der Waals surface area contributed by atoms with Crippen LogP contribution in [0.2, 0.25) is 0 Å². The molecule has 0 saturated carbocycles. The molecule has 3 fully saturated rings. The van der Waals surface area contributed by atoms with Crippen molar-refractivity contribution in [1.29, 1.82) is 0 Å². The van der Waals surface area contributed by atoms with Crippen molar-refractivity contribution in [3.8, 4) is 0 Å². The highest BCUT2D eigenvalue weighted by molar-refractivity contribution is 14.0. The predicted octanol–water partition coefficient (Wildman–Crippen LogP) is 2.52. The van der Waals surface area contributed by atoms with Crippen molar-refractivity contribution >= 4 is 29.9 Å². The fraction of sp³-hybridized carbons (Fsp3) is 0.947. The first kappa shape index (κ1) is 21.2. The highest BCUT2D eigenvalue weighted by atomic mass is 127. The lowest BCUT2D eigenvalue weighted by molar-refractivity contribution is 0.0526. The monoisotopic (exact) mass is 463 g/mol. The molecule has 3 heterocycles. The third kappa shape index (κ3) is 5.96. The van der Waals surface area contributed by atoms with Gasteiger partial charge in [0.2, 0.25) is 0 Å². The SMILES string of the molecule is CCNC(=NCC1CCCN(C)C1)NC1CC2CCCC(C1)N2C.I. The van der Waals surface area contributed by atoms with Crippen molar-refractivity contribution < 1.29 is 0 Å². The standard InChI is InChI=1S/C19H37N5.HI/c1-4-20-19(21-13-15-7-6-10-23(2)14-15)22-16-11-17-8-5-9-18(12-16)24(17)3;/h15-18H,4-14H2,1-3H3,(H2,20,21,22);1H. The molecule has 0 aliphatic carbocycles. The number of piperidine rings is 3. The fourth-order valence-corrected chi connectivity index (χ4v) is 4.89. The Morgan fingerprint density at radius 3 is 2.44 bits per heavy atom. The number of nitrogens with one attached hydrogen (secondary N) is 2. The van der Waals surface area contributed by atoms with Crippen LogP contribution in [-0.2, 0) is 0 Å². The molecule has 0 spiro atoms. The van der Waals surface area contributed by atoms with E-state index in [2.05, 4.69) is 41.5 Å². The molecule has 5 nitrogen and oxygen atoms in total. The fourth-order valence-electron chi connectivity index (χ4n) is 4.89. The van der Waals surface area contributed by atoms with Crippen molar-refractivity contribution in [3.63, 3.8) is 0 Å². The van der Waals surface area contributed by atoms with Gasteiger partial charge in [-0.25, -0.2) is 0 Å². The van der Waals surface area contributed by atoms with Crippen LogP contribution >= 0.6 is 24.0 Å². The van der Waals surface area contributed by atoms with Crippen molar-refractivity contribution in [1.82, 2.24) is 20.4 Å². The summed E-state index contributed by atoms with van der Waals surface area (Å²) in [5.74, 6) is 1.76. The van der Waals surface area contributed by atoms with E-state index in [1.165, 1.54) is 58.0 Å². The van der Waals surface area contributed by atoms with E-state index in [4.69, 9.17) is 4.99 Å². The summed E-state index contributed by atoms with van der Waals surface area (Å²) in [5, 5.41) is 7.22. The molecule has 0 aromatic heterocycles. The number of fused-ring (bicyclic) bond motifs is 2. The van der Waals surface area contributed by atoms with E-state index in [-0.39, 0.29) is 24.0 Å². The second-order valence-corrected chi connectivity index (χ2v) is 8.21. The largest absolute Gasteiger partial charge is 0.357 e. The van der Waals surface area contributed by atoms with Crippen LogP contribution in [0, 0.1) is 5.92 Å². The lowest BCUT2D eigenvalue weighted by atomic mass is 9.82. The van der Waals surface area contributed by atoms with Gasteiger partial charge < -0.3 is 20.4 Å². The van der Waals surface area contributed by atoms with Gasteiger partial charge in [-0.15, -0.1) is 24.0 Å². The Kier molecular flexibility index (Phi) is 8.75.